The van der Waals surface area contributed by atoms with Crippen LogP contribution in [-0.4, -0.2) is 41.8 Å². The van der Waals surface area contributed by atoms with Gasteiger partial charge in [0.15, 0.2) is 0 Å². The molecule has 0 radical (unpaired) electrons. The lowest BCUT2D eigenvalue weighted by atomic mass is 10.1. The van der Waals surface area contributed by atoms with Crippen molar-refractivity contribution >= 4 is 20.8 Å². The number of aromatic amines is 1. The first kappa shape index (κ1) is 20.5. The molecule has 0 amide bonds. The second-order valence-corrected chi connectivity index (χ2v) is 9.04. The van der Waals surface area contributed by atoms with E-state index >= 15 is 0 Å². The van der Waals surface area contributed by atoms with Crippen LogP contribution in [-0.2, 0) is 14.8 Å². The molecule has 1 fully saturated rings. The Bertz CT molecular complexity index is 1310. The quantitative estimate of drug-likeness (QED) is 0.543. The minimum atomic E-state index is -3.82. The van der Waals surface area contributed by atoms with Gasteiger partial charge in [-0.2, -0.15) is 0 Å². The molecule has 2 aromatic carbocycles. The lowest BCUT2D eigenvalue weighted by Gasteiger charge is -2.17. The molecule has 0 aliphatic carbocycles. The van der Waals surface area contributed by atoms with Crippen LogP contribution in [0.5, 0.6) is 0 Å². The van der Waals surface area contributed by atoms with E-state index in [9.17, 15) is 23.1 Å². The predicted octanol–water partition coefficient (Wildman–Crippen LogP) is 0.625. The molecule has 3 aromatic rings. The van der Waals surface area contributed by atoms with Gasteiger partial charge in [-0.25, -0.2) is 17.9 Å². The molecule has 30 heavy (non-hydrogen) atoms. The minimum Gasteiger partial charge on any atom is -0.390 e. The Hall–Kier alpha value is -2.79. The summed E-state index contributed by atoms with van der Waals surface area (Å²) >= 11 is 0. The average Bonchev–Trinajstić information content (AvgIpc) is 3.09. The number of hydrogen-bond donors (Lipinski definition) is 3. The van der Waals surface area contributed by atoms with Crippen molar-refractivity contribution in [3.05, 3.63) is 75.1 Å². The van der Waals surface area contributed by atoms with Crippen molar-refractivity contribution in [2.24, 2.45) is 0 Å². The minimum absolute atomic E-state index is 0.0910. The molecular weight excluding hydrogens is 410 g/mol. The Labute approximate surface area is 172 Å². The number of benzene rings is 2. The van der Waals surface area contributed by atoms with Gasteiger partial charge in [-0.15, -0.1) is 0 Å². The SMILES string of the molecule is Cc1cn([C@@H]2C[C@H](O)[C@@H](CNS(=O)(=O)c3ccc4ccccc4c3)O2)c(=O)[nH]c1=O. The number of fused-ring (bicyclic) bond motifs is 1. The van der Waals surface area contributed by atoms with E-state index in [1.807, 2.05) is 24.3 Å². The molecule has 4 rings (SSSR count). The topological polar surface area (TPSA) is 130 Å². The lowest BCUT2D eigenvalue weighted by Crippen LogP contribution is -2.37. The van der Waals surface area contributed by atoms with Gasteiger partial charge in [0, 0.05) is 24.7 Å². The molecule has 10 heteroatoms. The van der Waals surface area contributed by atoms with E-state index in [4.69, 9.17) is 4.74 Å². The lowest BCUT2D eigenvalue weighted by molar-refractivity contribution is -0.0169. The van der Waals surface area contributed by atoms with E-state index in [2.05, 4.69) is 9.71 Å². The molecule has 1 aliphatic rings. The highest BCUT2D eigenvalue weighted by atomic mass is 32.2. The molecule has 9 nitrogen and oxygen atoms in total. The number of nitrogens with zero attached hydrogens (tertiary/aromatic N) is 1. The van der Waals surface area contributed by atoms with Gasteiger partial charge >= 0.3 is 5.69 Å². The van der Waals surface area contributed by atoms with Crippen LogP contribution in [0.3, 0.4) is 0 Å². The molecule has 0 bridgehead atoms. The second kappa shape index (κ2) is 7.80. The first-order valence-corrected chi connectivity index (χ1v) is 10.9. The summed E-state index contributed by atoms with van der Waals surface area (Å²) in [6.45, 7) is 1.39. The Balaban J connectivity index is 1.48. The summed E-state index contributed by atoms with van der Waals surface area (Å²) in [5.41, 5.74) is -0.817. The van der Waals surface area contributed by atoms with Gasteiger partial charge in [0.25, 0.3) is 5.56 Å². The maximum absolute atomic E-state index is 12.7. The highest BCUT2D eigenvalue weighted by molar-refractivity contribution is 7.89. The van der Waals surface area contributed by atoms with Gasteiger partial charge in [-0.05, 0) is 29.8 Å². The highest BCUT2D eigenvalue weighted by Gasteiger charge is 2.36. The third-order valence-corrected chi connectivity index (χ3v) is 6.59. The van der Waals surface area contributed by atoms with Crippen LogP contribution >= 0.6 is 0 Å². The molecule has 1 aromatic heterocycles. The van der Waals surface area contributed by atoms with E-state index in [1.165, 1.54) is 16.8 Å². The van der Waals surface area contributed by atoms with Crippen LogP contribution in [0.25, 0.3) is 10.8 Å². The van der Waals surface area contributed by atoms with Crippen LogP contribution in [0.2, 0.25) is 0 Å². The predicted molar refractivity (Wildman–Crippen MR) is 110 cm³/mol. The number of aryl methyl sites for hydroxylation is 1. The molecule has 3 atom stereocenters. The van der Waals surface area contributed by atoms with Crippen LogP contribution in [0, 0.1) is 6.92 Å². The summed E-state index contributed by atoms with van der Waals surface area (Å²) < 4.78 is 34.7. The molecular formula is C20H21N3O6S. The number of ether oxygens (including phenoxy) is 1. The van der Waals surface area contributed by atoms with Gasteiger partial charge in [0.1, 0.15) is 6.23 Å². The standard InChI is InChI=1S/C20H21N3O6S/c1-12-11-23(20(26)22-19(12)25)18-9-16(24)17(29-18)10-21-30(27,28)15-7-6-13-4-2-3-5-14(13)8-15/h2-8,11,16-18,21,24H,9-10H2,1H3,(H,22,25,26)/t16-,17+,18-/m0/s1. The number of aromatic nitrogens is 2. The van der Waals surface area contributed by atoms with Crippen molar-refractivity contribution in [1.82, 2.24) is 14.3 Å². The van der Waals surface area contributed by atoms with Gasteiger partial charge in [-0.1, -0.05) is 30.3 Å². The molecule has 0 saturated carbocycles. The number of hydrogen-bond acceptors (Lipinski definition) is 6. The van der Waals surface area contributed by atoms with Crippen LogP contribution in [0.1, 0.15) is 18.2 Å². The highest BCUT2D eigenvalue weighted by Crippen LogP contribution is 2.27. The Morgan fingerprint density at radius 3 is 2.70 bits per heavy atom. The van der Waals surface area contributed by atoms with E-state index < -0.39 is 39.7 Å². The Morgan fingerprint density at radius 2 is 1.93 bits per heavy atom. The summed E-state index contributed by atoms with van der Waals surface area (Å²) in [7, 11) is -3.82. The van der Waals surface area contributed by atoms with Crippen molar-refractivity contribution < 1.29 is 18.3 Å². The maximum Gasteiger partial charge on any atom is 0.330 e. The molecule has 3 N–H and O–H groups in total. The third kappa shape index (κ3) is 3.94. The van der Waals surface area contributed by atoms with Gasteiger partial charge in [-0.3, -0.25) is 14.3 Å². The zero-order valence-corrected chi connectivity index (χ0v) is 16.9. The van der Waals surface area contributed by atoms with Gasteiger partial charge in [0.05, 0.1) is 17.1 Å². The molecule has 1 aliphatic heterocycles. The summed E-state index contributed by atoms with van der Waals surface area (Å²) in [5.74, 6) is 0. The molecule has 0 unspecified atom stereocenters. The molecule has 1 saturated heterocycles. The first-order chi connectivity index (χ1) is 14.2. The van der Waals surface area contributed by atoms with Crippen molar-refractivity contribution in [2.45, 2.75) is 36.7 Å². The normalized spacial score (nSPS) is 21.9. The van der Waals surface area contributed by atoms with E-state index in [0.717, 1.165) is 10.8 Å². The fourth-order valence-corrected chi connectivity index (χ4v) is 4.56. The van der Waals surface area contributed by atoms with E-state index in [0.29, 0.717) is 5.56 Å². The fraction of sp³-hybridized carbons (Fsp3) is 0.300. The summed E-state index contributed by atoms with van der Waals surface area (Å²) in [4.78, 5) is 25.9. The molecule has 2 heterocycles. The Morgan fingerprint density at radius 1 is 1.20 bits per heavy atom. The largest absolute Gasteiger partial charge is 0.390 e. The monoisotopic (exact) mass is 431 g/mol. The number of sulfonamides is 1. The summed E-state index contributed by atoms with van der Waals surface area (Å²) in [6, 6.07) is 12.2. The Kier molecular flexibility index (Phi) is 5.33. The molecule has 158 valence electrons. The smallest absolute Gasteiger partial charge is 0.330 e. The fourth-order valence-electron chi connectivity index (χ4n) is 3.48. The summed E-state index contributed by atoms with van der Waals surface area (Å²) in [6.07, 6.45) is -1.18. The van der Waals surface area contributed by atoms with Crippen molar-refractivity contribution in [3.63, 3.8) is 0 Å². The van der Waals surface area contributed by atoms with E-state index in [1.54, 1.807) is 19.1 Å². The number of aliphatic hydroxyl groups excluding tert-OH is 1. The number of H-pyrrole nitrogens is 1. The number of nitrogens with one attached hydrogen (secondary N) is 2. The van der Waals surface area contributed by atoms with Crippen LogP contribution < -0.4 is 16.0 Å². The number of aliphatic hydroxyl groups is 1. The average molecular weight is 431 g/mol. The number of rotatable bonds is 5. The first-order valence-electron chi connectivity index (χ1n) is 9.39. The van der Waals surface area contributed by atoms with Gasteiger partial charge < -0.3 is 9.84 Å². The zero-order chi connectivity index (χ0) is 21.5. The van der Waals surface area contributed by atoms with Crippen molar-refractivity contribution in [2.75, 3.05) is 6.54 Å². The molecule has 0 spiro atoms. The van der Waals surface area contributed by atoms with E-state index in [-0.39, 0.29) is 17.9 Å². The second-order valence-electron chi connectivity index (χ2n) is 7.27. The zero-order valence-electron chi connectivity index (χ0n) is 16.1. The maximum atomic E-state index is 12.7. The van der Waals surface area contributed by atoms with Crippen LogP contribution in [0.4, 0.5) is 0 Å². The van der Waals surface area contributed by atoms with Crippen molar-refractivity contribution in [3.8, 4) is 0 Å². The van der Waals surface area contributed by atoms with Crippen LogP contribution in [0.15, 0.2) is 63.1 Å². The van der Waals surface area contributed by atoms with Gasteiger partial charge in [0.2, 0.25) is 10.0 Å². The van der Waals surface area contributed by atoms with Crippen molar-refractivity contribution in [1.29, 1.82) is 0 Å². The summed E-state index contributed by atoms with van der Waals surface area (Å²) in [5, 5.41) is 12.0. The third-order valence-electron chi connectivity index (χ3n) is 5.17.